The Balaban J connectivity index is 1.99. The molecule has 0 fully saturated rings. The Morgan fingerprint density at radius 3 is 2.35 bits per heavy atom. The van der Waals surface area contributed by atoms with Crippen LogP contribution >= 0.6 is 0 Å². The number of nitrogens with zero attached hydrogens (tertiary/aromatic N) is 1. The van der Waals surface area contributed by atoms with Crippen LogP contribution in [-0.2, 0) is 9.68 Å². The molecule has 0 bridgehead atoms. The van der Waals surface area contributed by atoms with Crippen molar-refractivity contribution < 1.29 is 19.0 Å². The van der Waals surface area contributed by atoms with E-state index in [1.807, 2.05) is 0 Å². The van der Waals surface area contributed by atoms with E-state index in [2.05, 4.69) is 9.88 Å². The number of aliphatic imine (C=N–C) groups is 1. The van der Waals surface area contributed by atoms with E-state index in [0.717, 1.165) is 5.56 Å². The van der Waals surface area contributed by atoms with E-state index in [1.54, 1.807) is 42.6 Å². The van der Waals surface area contributed by atoms with Crippen LogP contribution in [0.1, 0.15) is 12.5 Å². The SMILES string of the molecule is CC(=O)OOc1ccc(/C=N/c2ccc(F)cc2)cc1. The molecule has 20 heavy (non-hydrogen) atoms. The molecule has 0 saturated carbocycles. The zero-order valence-corrected chi connectivity index (χ0v) is 10.7. The number of benzene rings is 2. The van der Waals surface area contributed by atoms with Gasteiger partial charge in [0.2, 0.25) is 0 Å². The van der Waals surface area contributed by atoms with Crippen molar-refractivity contribution in [2.24, 2.45) is 4.99 Å². The minimum absolute atomic E-state index is 0.295. The van der Waals surface area contributed by atoms with Gasteiger partial charge in [-0.05, 0) is 54.1 Å². The van der Waals surface area contributed by atoms with Gasteiger partial charge in [0.15, 0.2) is 5.75 Å². The van der Waals surface area contributed by atoms with Gasteiger partial charge in [0.25, 0.3) is 0 Å². The van der Waals surface area contributed by atoms with E-state index in [0.29, 0.717) is 11.4 Å². The number of hydrogen-bond donors (Lipinski definition) is 0. The highest BCUT2D eigenvalue weighted by Crippen LogP contribution is 2.14. The average Bonchev–Trinajstić information content (AvgIpc) is 2.45. The minimum Gasteiger partial charge on any atom is -0.287 e. The van der Waals surface area contributed by atoms with Crippen LogP contribution in [0.5, 0.6) is 5.75 Å². The van der Waals surface area contributed by atoms with E-state index in [4.69, 9.17) is 4.89 Å². The van der Waals surface area contributed by atoms with Crippen LogP contribution in [-0.4, -0.2) is 12.2 Å². The third-order valence-corrected chi connectivity index (χ3v) is 2.32. The van der Waals surface area contributed by atoms with Crippen LogP contribution in [0.25, 0.3) is 0 Å². The molecule has 4 nitrogen and oxygen atoms in total. The Morgan fingerprint density at radius 1 is 1.10 bits per heavy atom. The van der Waals surface area contributed by atoms with Crippen molar-refractivity contribution in [3.63, 3.8) is 0 Å². The molecule has 0 aromatic heterocycles. The molecule has 0 amide bonds. The van der Waals surface area contributed by atoms with Gasteiger partial charge in [-0.3, -0.25) is 14.8 Å². The average molecular weight is 273 g/mol. The van der Waals surface area contributed by atoms with E-state index in [9.17, 15) is 9.18 Å². The highest BCUT2D eigenvalue weighted by Gasteiger charge is 1.98. The smallest absolute Gasteiger partial charge is 0.287 e. The summed E-state index contributed by atoms with van der Waals surface area (Å²) in [5, 5.41) is 0. The quantitative estimate of drug-likeness (QED) is 0.487. The number of carbonyl (C=O) groups is 1. The summed E-state index contributed by atoms with van der Waals surface area (Å²) < 4.78 is 12.7. The van der Waals surface area contributed by atoms with Gasteiger partial charge in [-0.25, -0.2) is 9.18 Å². The highest BCUT2D eigenvalue weighted by molar-refractivity contribution is 5.82. The molecule has 102 valence electrons. The van der Waals surface area contributed by atoms with Gasteiger partial charge in [-0.2, -0.15) is 0 Å². The third-order valence-electron chi connectivity index (χ3n) is 2.32. The van der Waals surface area contributed by atoms with Gasteiger partial charge in [0.1, 0.15) is 5.82 Å². The molecule has 0 unspecified atom stereocenters. The fourth-order valence-electron chi connectivity index (χ4n) is 1.39. The second-order valence-electron chi connectivity index (χ2n) is 3.96. The zero-order valence-electron chi connectivity index (χ0n) is 10.7. The van der Waals surface area contributed by atoms with E-state index < -0.39 is 5.97 Å². The lowest BCUT2D eigenvalue weighted by molar-refractivity contribution is -0.210. The molecule has 0 atom stereocenters. The Labute approximate surface area is 115 Å². The lowest BCUT2D eigenvalue weighted by atomic mass is 10.2. The summed E-state index contributed by atoms with van der Waals surface area (Å²) in [5.74, 6) is -0.401. The van der Waals surface area contributed by atoms with E-state index in [-0.39, 0.29) is 5.82 Å². The number of halogens is 1. The topological polar surface area (TPSA) is 47.9 Å². The first kappa shape index (κ1) is 13.7. The maximum absolute atomic E-state index is 12.7. The first-order valence-electron chi connectivity index (χ1n) is 5.88. The van der Waals surface area contributed by atoms with Crippen LogP contribution in [0, 0.1) is 5.82 Å². The molecule has 0 N–H and O–H groups in total. The summed E-state index contributed by atoms with van der Waals surface area (Å²) in [6.45, 7) is 1.25. The van der Waals surface area contributed by atoms with E-state index >= 15 is 0 Å². The Morgan fingerprint density at radius 2 is 1.75 bits per heavy atom. The summed E-state index contributed by atoms with van der Waals surface area (Å²) >= 11 is 0. The number of carbonyl (C=O) groups excluding carboxylic acids is 1. The fraction of sp³-hybridized carbons (Fsp3) is 0.0667. The molecular formula is C15H12FNO3. The molecule has 0 aliphatic carbocycles. The lowest BCUT2D eigenvalue weighted by Crippen LogP contribution is -2.02. The van der Waals surface area contributed by atoms with Gasteiger partial charge in [0.05, 0.1) is 5.69 Å². The lowest BCUT2D eigenvalue weighted by Gasteiger charge is -2.01. The van der Waals surface area contributed by atoms with Crippen LogP contribution in [0.2, 0.25) is 0 Å². The summed E-state index contributed by atoms with van der Waals surface area (Å²) in [4.78, 5) is 23.9. The van der Waals surface area contributed by atoms with Crippen LogP contribution in [0.15, 0.2) is 53.5 Å². The van der Waals surface area contributed by atoms with Gasteiger partial charge in [-0.15, -0.1) is 0 Å². The summed E-state index contributed by atoms with van der Waals surface area (Å²) in [6, 6.07) is 12.7. The maximum Gasteiger partial charge on any atom is 0.352 e. The minimum atomic E-state index is -0.521. The standard InChI is InChI=1S/C15H12FNO3/c1-11(18)19-20-15-8-2-12(3-9-15)10-17-14-6-4-13(16)5-7-14/h2-10H,1H3/b17-10+. The Hall–Kier alpha value is -2.69. The van der Waals surface area contributed by atoms with Crippen molar-refractivity contribution in [2.75, 3.05) is 0 Å². The van der Waals surface area contributed by atoms with Crippen LogP contribution in [0.4, 0.5) is 10.1 Å². The number of hydrogen-bond acceptors (Lipinski definition) is 4. The Kier molecular flexibility index (Phi) is 4.44. The van der Waals surface area contributed by atoms with Crippen molar-refractivity contribution in [3.05, 3.63) is 59.9 Å². The van der Waals surface area contributed by atoms with Crippen molar-refractivity contribution in [1.29, 1.82) is 0 Å². The predicted octanol–water partition coefficient (Wildman–Crippen LogP) is 3.43. The number of rotatable bonds is 4. The predicted molar refractivity (Wildman–Crippen MR) is 72.5 cm³/mol. The van der Waals surface area contributed by atoms with Crippen LogP contribution < -0.4 is 4.89 Å². The molecule has 0 saturated heterocycles. The van der Waals surface area contributed by atoms with Gasteiger partial charge >= 0.3 is 5.97 Å². The fourth-order valence-corrected chi connectivity index (χ4v) is 1.39. The molecule has 0 aliphatic heterocycles. The zero-order chi connectivity index (χ0) is 14.4. The van der Waals surface area contributed by atoms with E-state index in [1.165, 1.54) is 19.1 Å². The molecular weight excluding hydrogens is 261 g/mol. The van der Waals surface area contributed by atoms with Gasteiger partial charge < -0.3 is 0 Å². The van der Waals surface area contributed by atoms with Gasteiger partial charge in [0, 0.05) is 13.1 Å². The highest BCUT2D eigenvalue weighted by atomic mass is 19.1. The van der Waals surface area contributed by atoms with Crippen molar-refractivity contribution in [3.8, 4) is 5.75 Å². The summed E-state index contributed by atoms with van der Waals surface area (Å²) in [7, 11) is 0. The van der Waals surface area contributed by atoms with Crippen LogP contribution in [0.3, 0.4) is 0 Å². The molecule has 2 aromatic carbocycles. The molecule has 2 rings (SSSR count). The Bertz CT molecular complexity index is 606. The van der Waals surface area contributed by atoms with Gasteiger partial charge in [-0.1, -0.05) is 0 Å². The van der Waals surface area contributed by atoms with Crippen molar-refractivity contribution in [1.82, 2.24) is 0 Å². The molecule has 0 spiro atoms. The first-order valence-corrected chi connectivity index (χ1v) is 5.88. The third kappa shape index (κ3) is 4.20. The second kappa shape index (κ2) is 6.47. The molecule has 0 radical (unpaired) electrons. The first-order chi connectivity index (χ1) is 9.63. The monoisotopic (exact) mass is 273 g/mol. The summed E-state index contributed by atoms with van der Waals surface area (Å²) in [5.41, 5.74) is 1.50. The summed E-state index contributed by atoms with van der Waals surface area (Å²) in [6.07, 6.45) is 1.64. The maximum atomic E-state index is 12.7. The molecule has 0 aliphatic rings. The second-order valence-corrected chi connectivity index (χ2v) is 3.96. The van der Waals surface area contributed by atoms with Crippen molar-refractivity contribution >= 4 is 17.9 Å². The van der Waals surface area contributed by atoms with Crippen molar-refractivity contribution in [2.45, 2.75) is 6.92 Å². The normalized spacial score (nSPS) is 10.5. The molecule has 2 aromatic rings. The molecule has 5 heteroatoms. The largest absolute Gasteiger partial charge is 0.352 e. The molecule has 0 heterocycles.